The first kappa shape index (κ1) is 19.2. The molecule has 28 heavy (non-hydrogen) atoms. The molecule has 1 aromatic heterocycles. The van der Waals surface area contributed by atoms with Gasteiger partial charge in [-0.05, 0) is 54.1 Å². The van der Waals surface area contributed by atoms with E-state index in [1.807, 2.05) is 0 Å². The molecular formula is C19H15FN4O3S. The van der Waals surface area contributed by atoms with E-state index in [2.05, 4.69) is 20.0 Å². The van der Waals surface area contributed by atoms with Gasteiger partial charge in [0.25, 0.3) is 10.0 Å². The number of amides is 1. The largest absolute Gasteiger partial charge is 0.323 e. The molecule has 3 rings (SSSR count). The molecule has 0 spiro atoms. The van der Waals surface area contributed by atoms with Crippen molar-refractivity contribution in [2.24, 2.45) is 0 Å². The van der Waals surface area contributed by atoms with Gasteiger partial charge in [-0.1, -0.05) is 12.1 Å². The summed E-state index contributed by atoms with van der Waals surface area (Å²) in [6, 6.07) is 12.9. The van der Waals surface area contributed by atoms with Gasteiger partial charge in [0.1, 0.15) is 5.82 Å². The lowest BCUT2D eigenvalue weighted by Gasteiger charge is -2.07. The molecule has 0 saturated heterocycles. The van der Waals surface area contributed by atoms with Crippen LogP contribution in [-0.2, 0) is 14.8 Å². The number of halogens is 1. The van der Waals surface area contributed by atoms with E-state index in [0.29, 0.717) is 11.3 Å². The van der Waals surface area contributed by atoms with Crippen LogP contribution in [0.25, 0.3) is 6.08 Å². The molecule has 0 radical (unpaired) electrons. The average Bonchev–Trinajstić information content (AvgIpc) is 2.68. The predicted molar refractivity (Wildman–Crippen MR) is 103 cm³/mol. The van der Waals surface area contributed by atoms with Crippen molar-refractivity contribution in [3.63, 3.8) is 0 Å². The van der Waals surface area contributed by atoms with Crippen LogP contribution in [0.4, 0.5) is 16.0 Å². The summed E-state index contributed by atoms with van der Waals surface area (Å²) in [7, 11) is -3.84. The van der Waals surface area contributed by atoms with Crippen molar-refractivity contribution in [3.05, 3.63) is 84.4 Å². The van der Waals surface area contributed by atoms with E-state index in [-0.39, 0.29) is 16.7 Å². The number of hydrogen-bond acceptors (Lipinski definition) is 5. The van der Waals surface area contributed by atoms with E-state index < -0.39 is 15.9 Å². The first-order valence-corrected chi connectivity index (χ1v) is 9.55. The Kier molecular flexibility index (Phi) is 5.75. The number of nitrogens with zero attached hydrogens (tertiary/aromatic N) is 2. The number of benzene rings is 2. The summed E-state index contributed by atoms with van der Waals surface area (Å²) in [6.45, 7) is 0. The second-order valence-corrected chi connectivity index (χ2v) is 7.26. The molecule has 0 aliphatic heterocycles. The Balaban J connectivity index is 1.63. The molecule has 0 atom stereocenters. The zero-order valence-corrected chi connectivity index (χ0v) is 15.2. The van der Waals surface area contributed by atoms with Crippen LogP contribution in [-0.4, -0.2) is 24.3 Å². The third kappa shape index (κ3) is 5.21. The van der Waals surface area contributed by atoms with Gasteiger partial charge in [0.15, 0.2) is 0 Å². The van der Waals surface area contributed by atoms with Crippen molar-refractivity contribution in [1.82, 2.24) is 9.97 Å². The maximum atomic E-state index is 12.9. The summed E-state index contributed by atoms with van der Waals surface area (Å²) in [5, 5.41) is 2.61. The fourth-order valence-corrected chi connectivity index (χ4v) is 3.14. The van der Waals surface area contributed by atoms with Crippen molar-refractivity contribution >= 4 is 33.6 Å². The summed E-state index contributed by atoms with van der Waals surface area (Å²) in [4.78, 5) is 19.6. The Morgan fingerprint density at radius 2 is 1.61 bits per heavy atom. The minimum absolute atomic E-state index is 0.000179. The first-order valence-electron chi connectivity index (χ1n) is 8.07. The smallest absolute Gasteiger partial charge is 0.264 e. The number of hydrogen-bond donors (Lipinski definition) is 2. The van der Waals surface area contributed by atoms with E-state index in [1.54, 1.807) is 18.2 Å². The Bertz CT molecular complexity index is 1080. The van der Waals surface area contributed by atoms with Crippen LogP contribution in [0.1, 0.15) is 5.56 Å². The molecule has 142 valence electrons. The Labute approximate surface area is 161 Å². The van der Waals surface area contributed by atoms with Gasteiger partial charge in [0, 0.05) is 24.2 Å². The van der Waals surface area contributed by atoms with Crippen LogP contribution >= 0.6 is 0 Å². The van der Waals surface area contributed by atoms with E-state index in [0.717, 1.165) is 0 Å². The second-order valence-electron chi connectivity index (χ2n) is 5.58. The third-order valence-electron chi connectivity index (χ3n) is 3.52. The van der Waals surface area contributed by atoms with Crippen molar-refractivity contribution in [1.29, 1.82) is 0 Å². The molecule has 0 aliphatic carbocycles. The van der Waals surface area contributed by atoms with Crippen LogP contribution in [0.2, 0.25) is 0 Å². The van der Waals surface area contributed by atoms with Crippen LogP contribution in [0.3, 0.4) is 0 Å². The fourth-order valence-electron chi connectivity index (χ4n) is 2.18. The van der Waals surface area contributed by atoms with Gasteiger partial charge in [-0.2, -0.15) is 0 Å². The molecule has 2 N–H and O–H groups in total. The predicted octanol–water partition coefficient (Wildman–Crippen LogP) is 3.07. The molecule has 3 aromatic rings. The molecule has 7 nitrogen and oxygen atoms in total. The highest BCUT2D eigenvalue weighted by atomic mass is 32.2. The molecule has 0 fully saturated rings. The number of anilines is 2. The van der Waals surface area contributed by atoms with Gasteiger partial charge in [-0.15, -0.1) is 0 Å². The summed E-state index contributed by atoms with van der Waals surface area (Å²) in [5.74, 6) is -0.800. The van der Waals surface area contributed by atoms with Crippen molar-refractivity contribution in [2.45, 2.75) is 4.90 Å². The number of aromatic nitrogens is 2. The number of rotatable bonds is 6. The Morgan fingerprint density at radius 1 is 0.964 bits per heavy atom. The van der Waals surface area contributed by atoms with Gasteiger partial charge in [-0.3, -0.25) is 4.79 Å². The maximum absolute atomic E-state index is 12.9. The minimum Gasteiger partial charge on any atom is -0.323 e. The average molecular weight is 398 g/mol. The maximum Gasteiger partial charge on any atom is 0.264 e. The van der Waals surface area contributed by atoms with Crippen LogP contribution < -0.4 is 10.0 Å². The van der Waals surface area contributed by atoms with Crippen LogP contribution in [0.15, 0.2) is 78.0 Å². The SMILES string of the molecule is O=C(C=Cc1ccc(F)cc1)Nc1ccc(S(=O)(=O)Nc2ncccn2)cc1. The van der Waals surface area contributed by atoms with Crippen LogP contribution in [0, 0.1) is 5.82 Å². The summed E-state index contributed by atoms with van der Waals surface area (Å²) in [5.41, 5.74) is 1.09. The normalized spacial score (nSPS) is 11.3. The molecule has 2 aromatic carbocycles. The number of carbonyl (C=O) groups is 1. The van der Waals surface area contributed by atoms with Crippen molar-refractivity contribution in [2.75, 3.05) is 10.0 Å². The molecule has 0 bridgehead atoms. The van der Waals surface area contributed by atoms with E-state index in [4.69, 9.17) is 0 Å². The van der Waals surface area contributed by atoms with Crippen molar-refractivity contribution in [3.8, 4) is 0 Å². The molecule has 1 amide bonds. The van der Waals surface area contributed by atoms with Gasteiger partial charge < -0.3 is 5.32 Å². The first-order chi connectivity index (χ1) is 13.4. The molecule has 0 unspecified atom stereocenters. The quantitative estimate of drug-likeness (QED) is 0.622. The number of carbonyl (C=O) groups excluding carboxylic acids is 1. The van der Waals surface area contributed by atoms with E-state index in [1.165, 1.54) is 60.9 Å². The Morgan fingerprint density at radius 3 is 2.25 bits per heavy atom. The number of sulfonamides is 1. The van der Waals surface area contributed by atoms with Gasteiger partial charge in [0.05, 0.1) is 4.90 Å². The minimum atomic E-state index is -3.84. The molecule has 0 saturated carbocycles. The van der Waals surface area contributed by atoms with E-state index in [9.17, 15) is 17.6 Å². The molecule has 0 aliphatic rings. The van der Waals surface area contributed by atoms with Gasteiger partial charge >= 0.3 is 0 Å². The standard InChI is InChI=1S/C19H15FN4O3S/c20-15-5-2-14(3-6-15)4-11-18(25)23-16-7-9-17(10-8-16)28(26,27)24-19-21-12-1-13-22-19/h1-13H,(H,23,25)(H,21,22,24). The van der Waals surface area contributed by atoms with Gasteiger partial charge in [0.2, 0.25) is 11.9 Å². The lowest BCUT2D eigenvalue weighted by molar-refractivity contribution is -0.111. The zero-order valence-electron chi connectivity index (χ0n) is 14.4. The zero-order chi connectivity index (χ0) is 20.0. The second kappa shape index (κ2) is 8.40. The lowest BCUT2D eigenvalue weighted by atomic mass is 10.2. The topological polar surface area (TPSA) is 101 Å². The van der Waals surface area contributed by atoms with Crippen molar-refractivity contribution < 1.29 is 17.6 Å². The fraction of sp³-hybridized carbons (Fsp3) is 0. The lowest BCUT2D eigenvalue weighted by Crippen LogP contribution is -2.15. The highest BCUT2D eigenvalue weighted by Gasteiger charge is 2.15. The third-order valence-corrected chi connectivity index (χ3v) is 4.86. The van der Waals surface area contributed by atoms with Gasteiger partial charge in [-0.25, -0.2) is 27.5 Å². The van der Waals surface area contributed by atoms with E-state index >= 15 is 0 Å². The monoisotopic (exact) mass is 398 g/mol. The highest BCUT2D eigenvalue weighted by molar-refractivity contribution is 7.92. The molecule has 9 heteroatoms. The van der Waals surface area contributed by atoms with Crippen LogP contribution in [0.5, 0.6) is 0 Å². The Hall–Kier alpha value is -3.59. The highest BCUT2D eigenvalue weighted by Crippen LogP contribution is 2.16. The number of nitrogens with one attached hydrogen (secondary N) is 2. The summed E-state index contributed by atoms with van der Waals surface area (Å²) in [6.07, 6.45) is 5.68. The molecule has 1 heterocycles. The molecular weight excluding hydrogens is 383 g/mol. The summed E-state index contributed by atoms with van der Waals surface area (Å²) < 4.78 is 39.7. The summed E-state index contributed by atoms with van der Waals surface area (Å²) >= 11 is 0.